The first-order chi connectivity index (χ1) is 25.7. The van der Waals surface area contributed by atoms with E-state index >= 15 is 0 Å². The van der Waals surface area contributed by atoms with Crippen molar-refractivity contribution in [3.63, 3.8) is 0 Å². The lowest BCUT2D eigenvalue weighted by Crippen LogP contribution is -2.06. The highest BCUT2D eigenvalue weighted by molar-refractivity contribution is 5.40. The lowest BCUT2D eigenvalue weighted by atomic mass is 9.85. The van der Waals surface area contributed by atoms with Crippen LogP contribution in [0.3, 0.4) is 0 Å². The molecule has 8 nitrogen and oxygen atoms in total. The van der Waals surface area contributed by atoms with Crippen molar-refractivity contribution in [3.05, 3.63) is 119 Å². The van der Waals surface area contributed by atoms with Crippen molar-refractivity contribution in [2.45, 2.75) is 74.8 Å². The van der Waals surface area contributed by atoms with Gasteiger partial charge in [0.15, 0.2) is 0 Å². The summed E-state index contributed by atoms with van der Waals surface area (Å²) in [5.41, 5.74) is 5.24. The third kappa shape index (κ3) is 10.7. The molecule has 8 rings (SSSR count). The van der Waals surface area contributed by atoms with Crippen molar-refractivity contribution in [3.8, 4) is 23.0 Å². The van der Waals surface area contributed by atoms with Gasteiger partial charge in [0, 0.05) is 11.8 Å². The first kappa shape index (κ1) is 35.0. The van der Waals surface area contributed by atoms with E-state index in [4.69, 9.17) is 37.9 Å². The van der Waals surface area contributed by atoms with E-state index in [1.807, 2.05) is 0 Å². The molecule has 0 bridgehead atoms. The summed E-state index contributed by atoms with van der Waals surface area (Å²) in [6.45, 7) is 5.65. The summed E-state index contributed by atoms with van der Waals surface area (Å²) in [4.78, 5) is 0. The molecule has 4 heterocycles. The molecule has 274 valence electrons. The zero-order valence-corrected chi connectivity index (χ0v) is 29.9. The highest BCUT2D eigenvalue weighted by atomic mass is 16.6. The average Bonchev–Trinajstić information content (AvgIpc) is 3.99. The van der Waals surface area contributed by atoms with Gasteiger partial charge in [-0.1, -0.05) is 74.2 Å². The number of epoxide rings is 4. The highest BCUT2D eigenvalue weighted by Crippen LogP contribution is 2.35. The molecule has 4 aliphatic heterocycles. The minimum Gasteiger partial charge on any atom is -0.491 e. The molecule has 0 radical (unpaired) electrons. The summed E-state index contributed by atoms with van der Waals surface area (Å²) in [5.74, 6) is 4.17. The summed E-state index contributed by atoms with van der Waals surface area (Å²) < 4.78 is 44.9. The topological polar surface area (TPSA) is 87.0 Å². The summed E-state index contributed by atoms with van der Waals surface area (Å²) in [6.07, 6.45) is 7.80. The van der Waals surface area contributed by atoms with E-state index in [9.17, 15) is 0 Å². The summed E-state index contributed by atoms with van der Waals surface area (Å²) in [7, 11) is 0. The quantitative estimate of drug-likeness (QED) is 0.0565. The Morgan fingerprint density at radius 1 is 0.365 bits per heavy atom. The fourth-order valence-electron chi connectivity index (χ4n) is 6.70. The lowest BCUT2D eigenvalue weighted by Gasteiger charge is -2.20. The third-order valence-corrected chi connectivity index (χ3v) is 10.2. The normalized spacial score (nSPS) is 22.2. The number of hydrogen-bond donors (Lipinski definition) is 0. The highest BCUT2D eigenvalue weighted by Gasteiger charge is 2.26. The maximum atomic E-state index is 5.93. The van der Waals surface area contributed by atoms with Gasteiger partial charge < -0.3 is 37.9 Å². The Morgan fingerprint density at radius 3 is 0.808 bits per heavy atom. The van der Waals surface area contributed by atoms with E-state index in [0.717, 1.165) is 75.1 Å². The zero-order chi connectivity index (χ0) is 35.0. The Bertz CT molecular complexity index is 1410. The van der Waals surface area contributed by atoms with Crippen LogP contribution in [0, 0.1) is 0 Å². The number of unbranched alkanes of at least 4 members (excludes halogenated alkanes) is 3. The van der Waals surface area contributed by atoms with Crippen LogP contribution in [0.15, 0.2) is 97.1 Å². The molecule has 4 aromatic carbocycles. The van der Waals surface area contributed by atoms with Gasteiger partial charge in [0.1, 0.15) is 73.8 Å². The molecule has 0 N–H and O–H groups in total. The van der Waals surface area contributed by atoms with Gasteiger partial charge in [-0.2, -0.15) is 0 Å². The van der Waals surface area contributed by atoms with E-state index < -0.39 is 0 Å². The van der Waals surface area contributed by atoms with Crippen LogP contribution in [-0.2, 0) is 18.9 Å². The SMILES string of the molecule is c1cc(C(CCCCCCC(c2ccc(OCC3CO3)cc2)c2ccc(OCC3CO3)cc2)c2ccc(OCC3CO3)cc2)ccc1OCC1CO1. The van der Waals surface area contributed by atoms with Crippen molar-refractivity contribution in [1.82, 2.24) is 0 Å². The summed E-state index contributed by atoms with van der Waals surface area (Å²) in [5, 5.41) is 0. The maximum Gasteiger partial charge on any atom is 0.119 e. The molecular formula is C44H50O8. The largest absolute Gasteiger partial charge is 0.491 e. The Kier molecular flexibility index (Phi) is 11.5. The van der Waals surface area contributed by atoms with Crippen molar-refractivity contribution in [2.75, 3.05) is 52.9 Å². The predicted molar refractivity (Wildman–Crippen MR) is 198 cm³/mol. The molecule has 4 aromatic rings. The van der Waals surface area contributed by atoms with Crippen molar-refractivity contribution in [2.24, 2.45) is 0 Å². The standard InChI is InChI=1S/C44H50O8/c1(3-5-43(31-7-15-35(16-8-31)45-23-39-27-49-39)32-9-17-36(18-10-32)46-24-40-28-50-40)2-4-6-44(33-11-19-37(20-12-33)47-25-41-29-51-41)34-13-21-38(22-14-34)48-26-42-30-52-42/h7-22,39-44H,1-6,23-30H2. The van der Waals surface area contributed by atoms with E-state index in [2.05, 4.69) is 97.1 Å². The molecule has 0 saturated carbocycles. The van der Waals surface area contributed by atoms with Crippen LogP contribution in [0.1, 0.15) is 72.6 Å². The first-order valence-electron chi connectivity index (χ1n) is 19.1. The van der Waals surface area contributed by atoms with Crippen molar-refractivity contribution in [1.29, 1.82) is 0 Å². The first-order valence-corrected chi connectivity index (χ1v) is 19.1. The molecule has 0 amide bonds. The van der Waals surface area contributed by atoms with Crippen molar-refractivity contribution < 1.29 is 37.9 Å². The number of ether oxygens (including phenoxy) is 8. The predicted octanol–water partition coefficient (Wildman–Crippen LogP) is 8.10. The van der Waals surface area contributed by atoms with Crippen LogP contribution < -0.4 is 18.9 Å². The molecule has 0 spiro atoms. The fraction of sp³-hybridized carbons (Fsp3) is 0.455. The van der Waals surface area contributed by atoms with E-state index in [1.54, 1.807) is 0 Å². The average molecular weight is 707 g/mol. The smallest absolute Gasteiger partial charge is 0.119 e. The molecule has 4 unspecified atom stereocenters. The Hall–Kier alpha value is -4.08. The second-order valence-corrected chi connectivity index (χ2v) is 14.4. The summed E-state index contributed by atoms with van der Waals surface area (Å²) >= 11 is 0. The van der Waals surface area contributed by atoms with Gasteiger partial charge in [0.05, 0.1) is 26.4 Å². The molecule has 4 aliphatic rings. The fourth-order valence-corrected chi connectivity index (χ4v) is 6.70. The molecule has 0 aromatic heterocycles. The third-order valence-electron chi connectivity index (χ3n) is 10.2. The second kappa shape index (κ2) is 17.2. The van der Waals surface area contributed by atoms with Crippen LogP contribution in [-0.4, -0.2) is 77.3 Å². The minimum atomic E-state index is 0.246. The van der Waals surface area contributed by atoms with E-state index in [1.165, 1.54) is 35.1 Å². The van der Waals surface area contributed by atoms with E-state index in [-0.39, 0.29) is 24.4 Å². The van der Waals surface area contributed by atoms with Crippen LogP contribution >= 0.6 is 0 Å². The molecule has 52 heavy (non-hydrogen) atoms. The van der Waals surface area contributed by atoms with Gasteiger partial charge in [0.25, 0.3) is 0 Å². The second-order valence-electron chi connectivity index (χ2n) is 14.4. The maximum absolute atomic E-state index is 5.93. The zero-order valence-electron chi connectivity index (χ0n) is 29.9. The molecule has 0 aliphatic carbocycles. The Morgan fingerprint density at radius 2 is 0.596 bits per heavy atom. The van der Waals surface area contributed by atoms with Crippen LogP contribution in [0.25, 0.3) is 0 Å². The molecule has 4 atom stereocenters. The van der Waals surface area contributed by atoms with Gasteiger partial charge in [-0.3, -0.25) is 0 Å². The van der Waals surface area contributed by atoms with Gasteiger partial charge in [0.2, 0.25) is 0 Å². The van der Waals surface area contributed by atoms with Crippen molar-refractivity contribution >= 4 is 0 Å². The van der Waals surface area contributed by atoms with Crippen LogP contribution in [0.5, 0.6) is 23.0 Å². The Labute approximate surface area is 307 Å². The van der Waals surface area contributed by atoms with Gasteiger partial charge >= 0.3 is 0 Å². The molecule has 4 saturated heterocycles. The van der Waals surface area contributed by atoms with Gasteiger partial charge in [-0.25, -0.2) is 0 Å². The van der Waals surface area contributed by atoms with Crippen LogP contribution in [0.4, 0.5) is 0 Å². The number of rotatable bonds is 23. The number of benzene rings is 4. The van der Waals surface area contributed by atoms with Crippen LogP contribution in [0.2, 0.25) is 0 Å². The van der Waals surface area contributed by atoms with E-state index in [0.29, 0.717) is 38.3 Å². The molecule has 8 heteroatoms. The lowest BCUT2D eigenvalue weighted by molar-refractivity contribution is 0.263. The minimum absolute atomic E-state index is 0.246. The van der Waals surface area contributed by atoms with Gasteiger partial charge in [-0.15, -0.1) is 0 Å². The summed E-state index contributed by atoms with van der Waals surface area (Å²) in [6, 6.07) is 34.5. The Balaban J connectivity index is 0.874. The molecule has 4 fully saturated rings. The van der Waals surface area contributed by atoms with Gasteiger partial charge in [-0.05, 0) is 83.6 Å². The monoisotopic (exact) mass is 706 g/mol. The number of hydrogen-bond acceptors (Lipinski definition) is 8. The molecular weight excluding hydrogens is 656 g/mol.